The fraction of sp³-hybridized carbons (Fsp3) is 0.419. The van der Waals surface area contributed by atoms with E-state index in [9.17, 15) is 39.5 Å². The van der Waals surface area contributed by atoms with E-state index < -0.39 is 42.5 Å². The Morgan fingerprint density at radius 2 is 0.690 bits per heavy atom. The van der Waals surface area contributed by atoms with E-state index in [2.05, 4.69) is 6.92 Å². The van der Waals surface area contributed by atoms with Gasteiger partial charge in [-0.25, -0.2) is 0 Å². The molecule has 3 aromatic carbocycles. The molecule has 0 aliphatic rings. The second kappa shape index (κ2) is 15.1. The maximum Gasteiger partial charge on any atom is 0.416 e. The van der Waals surface area contributed by atoms with Crippen molar-refractivity contribution >= 4 is 23.2 Å². The summed E-state index contributed by atoms with van der Waals surface area (Å²) < 4.78 is 120. The number of alkyl halides is 9. The molecule has 0 N–H and O–H groups in total. The van der Waals surface area contributed by atoms with Gasteiger partial charge in [0.05, 0.1) is 22.9 Å². The van der Waals surface area contributed by atoms with Gasteiger partial charge in [-0.1, -0.05) is 45.4 Å². The second-order valence-corrected chi connectivity index (χ2v) is 13.8. The lowest BCUT2D eigenvalue weighted by Gasteiger charge is -2.28. The van der Waals surface area contributed by atoms with Gasteiger partial charge in [0, 0.05) is 0 Å². The molecule has 3 aromatic rings. The van der Waals surface area contributed by atoms with Crippen LogP contribution in [0.25, 0.3) is 0 Å². The van der Waals surface area contributed by atoms with Crippen LogP contribution in [0.2, 0.25) is 0 Å². The van der Waals surface area contributed by atoms with Gasteiger partial charge in [0.15, 0.2) is 0 Å². The minimum Gasteiger partial charge on any atom is -1.00 e. The van der Waals surface area contributed by atoms with Crippen LogP contribution in [0.3, 0.4) is 0 Å². The highest BCUT2D eigenvalue weighted by Crippen LogP contribution is 2.56. The van der Waals surface area contributed by atoms with Gasteiger partial charge >= 0.3 is 18.5 Å². The zero-order valence-electron chi connectivity index (χ0n) is 23.0. The van der Waals surface area contributed by atoms with Gasteiger partial charge in [-0.05, 0) is 85.6 Å². The molecule has 0 aliphatic heterocycles. The first-order valence-electron chi connectivity index (χ1n) is 13.6. The maximum atomic E-state index is 13.4. The Kier molecular flexibility index (Phi) is 13.0. The first-order chi connectivity index (χ1) is 19.2. The molecule has 232 valence electrons. The van der Waals surface area contributed by atoms with E-state index in [1.54, 1.807) is 0 Å². The Labute approximate surface area is 251 Å². The third-order valence-electron chi connectivity index (χ3n) is 7.25. The molecule has 0 saturated carbocycles. The molecule has 3 rings (SSSR count). The van der Waals surface area contributed by atoms with Crippen LogP contribution in [0.5, 0.6) is 0 Å². The molecule has 0 unspecified atom stereocenters. The Hall–Kier alpha value is -2.06. The Balaban J connectivity index is 0.00000616. The Morgan fingerprint density at radius 3 is 0.952 bits per heavy atom. The Bertz CT molecular complexity index is 1070. The SMILES string of the molecule is CCCCCCCCCC[P+](c1ccc(C(F)(F)F)cc1)(c1ccc(C(F)(F)F)cc1)c1ccc(C(F)(F)F)cc1.[Br-]. The number of halogens is 10. The highest BCUT2D eigenvalue weighted by Gasteiger charge is 2.46. The maximum absolute atomic E-state index is 13.4. The first-order valence-corrected chi connectivity index (χ1v) is 15.6. The van der Waals surface area contributed by atoms with Gasteiger partial charge in [-0.2, -0.15) is 39.5 Å². The van der Waals surface area contributed by atoms with Gasteiger partial charge in [0.25, 0.3) is 0 Å². The summed E-state index contributed by atoms with van der Waals surface area (Å²) in [7, 11) is -2.94. The molecule has 0 aliphatic carbocycles. The predicted octanol–water partition coefficient (Wildman–Crippen LogP) is 7.18. The van der Waals surface area contributed by atoms with Crippen molar-refractivity contribution in [1.82, 2.24) is 0 Å². The minimum atomic E-state index is -4.60. The fourth-order valence-corrected chi connectivity index (χ4v) is 9.37. The predicted molar refractivity (Wildman–Crippen MR) is 148 cm³/mol. The smallest absolute Gasteiger partial charge is 0.416 e. The van der Waals surface area contributed by atoms with Crippen LogP contribution in [0.1, 0.15) is 75.0 Å². The molecule has 0 spiro atoms. The Morgan fingerprint density at radius 1 is 0.429 bits per heavy atom. The highest BCUT2D eigenvalue weighted by molar-refractivity contribution is 7.95. The quantitative estimate of drug-likeness (QED) is 0.108. The summed E-state index contributed by atoms with van der Waals surface area (Å²) in [4.78, 5) is 0. The summed E-state index contributed by atoms with van der Waals surface area (Å²) in [5, 5.41) is 1.40. The number of rotatable bonds is 12. The van der Waals surface area contributed by atoms with E-state index in [4.69, 9.17) is 0 Å². The topological polar surface area (TPSA) is 0 Å². The number of unbranched alkanes of at least 4 members (excludes halogenated alkanes) is 7. The lowest BCUT2D eigenvalue weighted by Crippen LogP contribution is -3.00. The highest BCUT2D eigenvalue weighted by atomic mass is 79.9. The molecule has 0 bridgehead atoms. The van der Waals surface area contributed by atoms with Gasteiger partial charge in [0.2, 0.25) is 0 Å². The molecule has 0 aromatic heterocycles. The molecule has 0 amide bonds. The molecule has 42 heavy (non-hydrogen) atoms. The zero-order chi connectivity index (χ0) is 30.3. The summed E-state index contributed by atoms with van der Waals surface area (Å²) >= 11 is 0. The zero-order valence-corrected chi connectivity index (χ0v) is 25.5. The van der Waals surface area contributed by atoms with E-state index in [0.717, 1.165) is 81.3 Å². The molecule has 0 radical (unpaired) electrons. The van der Waals surface area contributed by atoms with Crippen molar-refractivity contribution in [2.45, 2.75) is 76.8 Å². The molecular weight excluding hydrogens is 654 g/mol. The lowest BCUT2D eigenvalue weighted by molar-refractivity contribution is -0.138. The molecular formula is C31H33BrF9P. The van der Waals surface area contributed by atoms with Crippen molar-refractivity contribution in [1.29, 1.82) is 0 Å². The molecule has 0 atom stereocenters. The van der Waals surface area contributed by atoms with Crippen LogP contribution in [0, 0.1) is 0 Å². The van der Waals surface area contributed by atoms with Crippen LogP contribution >= 0.6 is 7.26 Å². The third kappa shape index (κ3) is 9.22. The van der Waals surface area contributed by atoms with E-state index in [1.807, 2.05) is 0 Å². The normalized spacial score (nSPS) is 12.7. The van der Waals surface area contributed by atoms with Crippen molar-refractivity contribution < 1.29 is 56.5 Å². The van der Waals surface area contributed by atoms with Crippen molar-refractivity contribution in [3.63, 3.8) is 0 Å². The van der Waals surface area contributed by atoms with Gasteiger partial charge in [-0.3, -0.25) is 0 Å². The van der Waals surface area contributed by atoms with E-state index in [1.165, 1.54) is 36.4 Å². The summed E-state index contributed by atoms with van der Waals surface area (Å²) in [5.74, 6) is 0. The number of hydrogen-bond donors (Lipinski definition) is 0. The average Bonchev–Trinajstić information content (AvgIpc) is 2.91. The van der Waals surface area contributed by atoms with Gasteiger partial charge in [-0.15, -0.1) is 0 Å². The molecule has 0 fully saturated rings. The van der Waals surface area contributed by atoms with Crippen LogP contribution in [-0.2, 0) is 18.5 Å². The molecule has 11 heteroatoms. The van der Waals surface area contributed by atoms with E-state index in [0.29, 0.717) is 28.5 Å². The average molecular weight is 687 g/mol. The number of benzene rings is 3. The van der Waals surface area contributed by atoms with Crippen LogP contribution in [-0.4, -0.2) is 6.16 Å². The monoisotopic (exact) mass is 686 g/mol. The van der Waals surface area contributed by atoms with Crippen LogP contribution in [0.15, 0.2) is 72.8 Å². The van der Waals surface area contributed by atoms with Crippen molar-refractivity contribution in [2.75, 3.05) is 6.16 Å². The van der Waals surface area contributed by atoms with Crippen LogP contribution < -0.4 is 32.9 Å². The summed E-state index contributed by atoms with van der Waals surface area (Å²) in [6.45, 7) is 2.12. The first kappa shape index (κ1) is 36.1. The van der Waals surface area contributed by atoms with E-state index in [-0.39, 0.29) is 17.0 Å². The molecule has 0 heterocycles. The largest absolute Gasteiger partial charge is 1.00 e. The van der Waals surface area contributed by atoms with Crippen LogP contribution in [0.4, 0.5) is 39.5 Å². The van der Waals surface area contributed by atoms with E-state index >= 15 is 0 Å². The lowest BCUT2D eigenvalue weighted by atomic mass is 10.1. The summed E-state index contributed by atoms with van der Waals surface area (Å²) in [6.07, 6.45) is -5.63. The van der Waals surface area contributed by atoms with Gasteiger partial charge < -0.3 is 17.0 Å². The number of hydrogen-bond acceptors (Lipinski definition) is 0. The summed E-state index contributed by atoms with van der Waals surface area (Å²) in [6, 6.07) is 13.4. The van der Waals surface area contributed by atoms with Crippen molar-refractivity contribution in [2.24, 2.45) is 0 Å². The third-order valence-corrected chi connectivity index (χ3v) is 11.8. The minimum absolute atomic E-state index is 0. The summed E-state index contributed by atoms with van der Waals surface area (Å²) in [5.41, 5.74) is -2.65. The molecule has 0 saturated heterocycles. The van der Waals surface area contributed by atoms with Gasteiger partial charge in [0.1, 0.15) is 23.2 Å². The fourth-order valence-electron chi connectivity index (χ4n) is 5.03. The van der Waals surface area contributed by atoms with Crippen molar-refractivity contribution in [3.8, 4) is 0 Å². The van der Waals surface area contributed by atoms with Crippen molar-refractivity contribution in [3.05, 3.63) is 89.5 Å². The standard InChI is InChI=1S/C31H33F9P.BrH/c1-2-3-4-5-6-7-8-9-22-41(26-16-10-23(11-17-26)29(32,33)34,27-18-12-24(13-19-27)30(35,36)37)28-20-14-25(15-21-28)31(38,39)40;/h10-21H,2-9,22H2,1H3;1H/q+1;/p-1. The second-order valence-electron chi connectivity index (χ2n) is 10.1. The molecule has 0 nitrogen and oxygen atoms in total.